The number of hydrogen-bond acceptors (Lipinski definition) is 2. The Balaban J connectivity index is 1.98. The van der Waals surface area contributed by atoms with Crippen LogP contribution in [0.15, 0.2) is 48.5 Å². The van der Waals surface area contributed by atoms with Crippen LogP contribution in [-0.4, -0.2) is 18.2 Å². The van der Waals surface area contributed by atoms with Crippen molar-refractivity contribution in [1.29, 1.82) is 0 Å². The van der Waals surface area contributed by atoms with Gasteiger partial charge in [0, 0.05) is 5.56 Å². The van der Waals surface area contributed by atoms with Crippen LogP contribution in [0.3, 0.4) is 0 Å². The molecule has 1 N–H and O–H groups in total. The van der Waals surface area contributed by atoms with Gasteiger partial charge < -0.3 is 5.32 Å². The number of Topliss-reactive ketones (excluding diaryl/α,β-unsaturated/α-hetero) is 1. The van der Waals surface area contributed by atoms with Crippen LogP contribution in [0.25, 0.3) is 0 Å². The molecule has 0 aromatic heterocycles. The lowest BCUT2D eigenvalue weighted by Crippen LogP contribution is -2.33. The van der Waals surface area contributed by atoms with E-state index >= 15 is 0 Å². The number of ketones is 1. The fourth-order valence-corrected chi connectivity index (χ4v) is 2.30. The zero-order chi connectivity index (χ0) is 16.8. The number of benzene rings is 2. The van der Waals surface area contributed by atoms with Crippen LogP contribution in [0.4, 0.5) is 8.78 Å². The lowest BCUT2D eigenvalue weighted by molar-refractivity contribution is -0.122. The Labute approximate surface area is 133 Å². The molecule has 2 aromatic rings. The van der Waals surface area contributed by atoms with Crippen LogP contribution in [0.1, 0.15) is 35.2 Å². The summed E-state index contributed by atoms with van der Waals surface area (Å²) in [5.41, 5.74) is 1.03. The summed E-state index contributed by atoms with van der Waals surface area (Å²) in [4.78, 5) is 24.2. The molecule has 2 rings (SSSR count). The molecule has 0 saturated heterocycles. The average Bonchev–Trinajstić information content (AvgIpc) is 2.55. The van der Waals surface area contributed by atoms with Gasteiger partial charge in [0.2, 0.25) is 5.91 Å². The summed E-state index contributed by atoms with van der Waals surface area (Å²) in [6, 6.07) is 10.9. The van der Waals surface area contributed by atoms with Crippen molar-refractivity contribution < 1.29 is 18.4 Å². The molecule has 0 aliphatic carbocycles. The van der Waals surface area contributed by atoms with Crippen molar-refractivity contribution in [2.45, 2.75) is 19.3 Å². The maximum atomic E-state index is 13.0. The first kappa shape index (κ1) is 16.8. The van der Waals surface area contributed by atoms with Gasteiger partial charge in [0.05, 0.1) is 12.5 Å². The Morgan fingerprint density at radius 1 is 0.957 bits per heavy atom. The topological polar surface area (TPSA) is 46.2 Å². The Kier molecular flexibility index (Phi) is 5.57. The van der Waals surface area contributed by atoms with Gasteiger partial charge in [0.25, 0.3) is 0 Å². The first-order valence-electron chi connectivity index (χ1n) is 7.33. The molecule has 2 aromatic carbocycles. The van der Waals surface area contributed by atoms with Crippen molar-refractivity contribution >= 4 is 11.7 Å². The third kappa shape index (κ3) is 4.45. The minimum Gasteiger partial charge on any atom is -0.348 e. The second kappa shape index (κ2) is 7.63. The fraction of sp³-hybridized carbons (Fsp3) is 0.222. The van der Waals surface area contributed by atoms with E-state index in [4.69, 9.17) is 0 Å². The highest BCUT2D eigenvalue weighted by Gasteiger charge is 2.19. The van der Waals surface area contributed by atoms with E-state index in [9.17, 15) is 18.4 Å². The van der Waals surface area contributed by atoms with Crippen LogP contribution < -0.4 is 5.32 Å². The summed E-state index contributed by atoms with van der Waals surface area (Å²) in [5, 5.41) is 2.58. The van der Waals surface area contributed by atoms with E-state index in [2.05, 4.69) is 5.32 Å². The summed E-state index contributed by atoms with van der Waals surface area (Å²) in [5.74, 6) is -1.83. The number of amides is 1. The van der Waals surface area contributed by atoms with E-state index in [1.165, 1.54) is 36.4 Å². The van der Waals surface area contributed by atoms with E-state index in [0.29, 0.717) is 17.5 Å². The van der Waals surface area contributed by atoms with E-state index in [1.54, 1.807) is 12.1 Å². The molecule has 1 atom stereocenters. The maximum absolute atomic E-state index is 13.0. The van der Waals surface area contributed by atoms with Gasteiger partial charge in [0.15, 0.2) is 5.78 Å². The summed E-state index contributed by atoms with van der Waals surface area (Å²) in [6.07, 6.45) is 0.530. The Morgan fingerprint density at radius 2 is 1.48 bits per heavy atom. The number of hydrogen-bond donors (Lipinski definition) is 1. The fourth-order valence-electron chi connectivity index (χ4n) is 2.30. The van der Waals surface area contributed by atoms with Crippen molar-refractivity contribution in [3.05, 3.63) is 71.3 Å². The van der Waals surface area contributed by atoms with Crippen molar-refractivity contribution in [1.82, 2.24) is 5.32 Å². The third-order valence-corrected chi connectivity index (χ3v) is 3.59. The number of nitrogens with one attached hydrogen (secondary N) is 1. The second-order valence-corrected chi connectivity index (χ2v) is 5.16. The van der Waals surface area contributed by atoms with Crippen molar-refractivity contribution in [3.8, 4) is 0 Å². The SMILES string of the molecule is CCC(C(=O)NCC(=O)c1ccc(F)cc1)c1ccc(F)cc1. The minimum atomic E-state index is -0.448. The number of carbonyl (C=O) groups is 2. The predicted molar refractivity (Wildman–Crippen MR) is 83.2 cm³/mol. The summed E-state index contributed by atoms with van der Waals surface area (Å²) < 4.78 is 25.8. The molecule has 23 heavy (non-hydrogen) atoms. The first-order chi connectivity index (χ1) is 11.0. The number of rotatable bonds is 6. The van der Waals surface area contributed by atoms with Gasteiger partial charge >= 0.3 is 0 Å². The van der Waals surface area contributed by atoms with Crippen molar-refractivity contribution in [2.24, 2.45) is 0 Å². The number of carbonyl (C=O) groups excluding carboxylic acids is 2. The van der Waals surface area contributed by atoms with Crippen LogP contribution in [0.2, 0.25) is 0 Å². The van der Waals surface area contributed by atoms with Gasteiger partial charge in [-0.25, -0.2) is 8.78 Å². The summed E-state index contributed by atoms with van der Waals surface area (Å²) in [6.45, 7) is 1.68. The van der Waals surface area contributed by atoms with Crippen LogP contribution in [0.5, 0.6) is 0 Å². The van der Waals surface area contributed by atoms with E-state index in [0.717, 1.165) is 0 Å². The van der Waals surface area contributed by atoms with Gasteiger partial charge in [-0.15, -0.1) is 0 Å². The lowest BCUT2D eigenvalue weighted by atomic mass is 9.95. The van der Waals surface area contributed by atoms with Gasteiger partial charge in [-0.3, -0.25) is 9.59 Å². The molecule has 0 spiro atoms. The van der Waals surface area contributed by atoms with Crippen LogP contribution >= 0.6 is 0 Å². The molecule has 5 heteroatoms. The Bertz CT molecular complexity index is 681. The molecular weight excluding hydrogens is 300 g/mol. The monoisotopic (exact) mass is 317 g/mol. The smallest absolute Gasteiger partial charge is 0.227 e. The molecule has 0 aliphatic rings. The van der Waals surface area contributed by atoms with Gasteiger partial charge in [-0.1, -0.05) is 19.1 Å². The van der Waals surface area contributed by atoms with Crippen LogP contribution in [-0.2, 0) is 4.79 Å². The molecule has 0 fully saturated rings. The summed E-state index contributed by atoms with van der Waals surface area (Å²) >= 11 is 0. The molecule has 0 saturated carbocycles. The molecule has 3 nitrogen and oxygen atoms in total. The molecule has 1 unspecified atom stereocenters. The average molecular weight is 317 g/mol. The lowest BCUT2D eigenvalue weighted by Gasteiger charge is -2.15. The molecule has 1 amide bonds. The zero-order valence-corrected chi connectivity index (χ0v) is 12.7. The van der Waals surface area contributed by atoms with Gasteiger partial charge in [0.1, 0.15) is 11.6 Å². The van der Waals surface area contributed by atoms with Gasteiger partial charge in [-0.2, -0.15) is 0 Å². The van der Waals surface area contributed by atoms with E-state index in [1.807, 2.05) is 6.92 Å². The van der Waals surface area contributed by atoms with E-state index in [-0.39, 0.29) is 24.1 Å². The minimum absolute atomic E-state index is 0.165. The molecular formula is C18H17F2NO2. The maximum Gasteiger partial charge on any atom is 0.227 e. The highest BCUT2D eigenvalue weighted by atomic mass is 19.1. The molecule has 0 bridgehead atoms. The largest absolute Gasteiger partial charge is 0.348 e. The normalized spacial score (nSPS) is 11.8. The zero-order valence-electron chi connectivity index (χ0n) is 12.7. The quantitative estimate of drug-likeness (QED) is 0.829. The number of halogens is 2. The third-order valence-electron chi connectivity index (χ3n) is 3.59. The van der Waals surface area contributed by atoms with Crippen LogP contribution in [0, 0.1) is 11.6 Å². The first-order valence-corrected chi connectivity index (χ1v) is 7.33. The predicted octanol–water partition coefficient (Wildman–Crippen LogP) is 3.46. The standard InChI is InChI=1S/C18H17F2NO2/c1-2-16(12-3-7-14(19)8-4-12)18(23)21-11-17(22)13-5-9-15(20)10-6-13/h3-10,16H,2,11H2,1H3,(H,21,23). The highest BCUT2D eigenvalue weighted by Crippen LogP contribution is 2.20. The molecule has 0 radical (unpaired) electrons. The Morgan fingerprint density at radius 3 is 2.00 bits per heavy atom. The van der Waals surface area contributed by atoms with Crippen molar-refractivity contribution in [3.63, 3.8) is 0 Å². The molecule has 120 valence electrons. The Hall–Kier alpha value is -2.56. The molecule has 0 heterocycles. The van der Waals surface area contributed by atoms with E-state index < -0.39 is 11.7 Å². The second-order valence-electron chi connectivity index (χ2n) is 5.16. The van der Waals surface area contributed by atoms with Gasteiger partial charge in [-0.05, 0) is 48.4 Å². The van der Waals surface area contributed by atoms with Crippen molar-refractivity contribution in [2.75, 3.05) is 6.54 Å². The molecule has 0 aliphatic heterocycles. The highest BCUT2D eigenvalue weighted by molar-refractivity contribution is 5.99. The summed E-state index contributed by atoms with van der Waals surface area (Å²) in [7, 11) is 0.